The maximum Gasteiger partial charge on any atom is 0.136 e. The first-order valence-electron chi connectivity index (χ1n) is 8.50. The highest BCUT2D eigenvalue weighted by Crippen LogP contribution is 2.33. The van der Waals surface area contributed by atoms with Gasteiger partial charge in [-0.25, -0.2) is 9.97 Å². The van der Waals surface area contributed by atoms with Crippen LogP contribution >= 0.6 is 11.6 Å². The van der Waals surface area contributed by atoms with Gasteiger partial charge in [-0.05, 0) is 55.0 Å². The van der Waals surface area contributed by atoms with Crippen molar-refractivity contribution in [1.29, 1.82) is 0 Å². The molecule has 0 radical (unpaired) electrons. The van der Waals surface area contributed by atoms with Gasteiger partial charge in [-0.2, -0.15) is 0 Å². The Kier molecular flexibility index (Phi) is 4.63. The van der Waals surface area contributed by atoms with Crippen LogP contribution < -0.4 is 15.0 Å². The minimum absolute atomic E-state index is 0.199. The predicted octanol–water partition coefficient (Wildman–Crippen LogP) is 4.92. The number of hydrogen-bond acceptors (Lipinski definition) is 5. The number of benzene rings is 2. The average Bonchev–Trinajstić information content (AvgIpc) is 2.68. The number of nitrogens with zero attached hydrogens (tertiary/aromatic N) is 3. The topological polar surface area (TPSA) is 50.3 Å². The molecular weight excluding hydrogens is 348 g/mol. The molecule has 1 aliphatic rings. The Bertz CT molecular complexity index is 883. The fourth-order valence-corrected chi connectivity index (χ4v) is 3.22. The Morgan fingerprint density at radius 1 is 1.08 bits per heavy atom. The Hall–Kier alpha value is -2.79. The van der Waals surface area contributed by atoms with E-state index >= 15 is 0 Å². The van der Waals surface area contributed by atoms with E-state index in [1.54, 1.807) is 6.33 Å². The summed E-state index contributed by atoms with van der Waals surface area (Å²) in [6.07, 6.45) is 4.49. The fourth-order valence-electron chi connectivity index (χ4n) is 3.09. The molecule has 5 nitrogen and oxygen atoms in total. The number of rotatable bonds is 4. The fraction of sp³-hybridized carbons (Fsp3) is 0.200. The van der Waals surface area contributed by atoms with E-state index in [2.05, 4.69) is 27.2 Å². The first-order valence-corrected chi connectivity index (χ1v) is 8.88. The molecule has 2 heterocycles. The molecule has 0 spiro atoms. The normalized spacial score (nSPS) is 16.1. The lowest BCUT2D eigenvalue weighted by Gasteiger charge is -2.32. The van der Waals surface area contributed by atoms with Crippen LogP contribution in [0.2, 0.25) is 5.02 Å². The SMILES string of the molecule is CN1CCC(Nc2ccc(Oc3ccc(Cl)cc3)cc2)c2cncnc21. The summed E-state index contributed by atoms with van der Waals surface area (Å²) in [5.74, 6) is 2.54. The minimum atomic E-state index is 0.199. The molecule has 0 bridgehead atoms. The van der Waals surface area contributed by atoms with Crippen molar-refractivity contribution in [1.82, 2.24) is 9.97 Å². The van der Waals surface area contributed by atoms with Gasteiger partial charge in [-0.3, -0.25) is 0 Å². The third-order valence-electron chi connectivity index (χ3n) is 4.45. The van der Waals surface area contributed by atoms with Gasteiger partial charge in [-0.1, -0.05) is 11.6 Å². The van der Waals surface area contributed by atoms with Gasteiger partial charge in [0.2, 0.25) is 0 Å². The van der Waals surface area contributed by atoms with E-state index in [-0.39, 0.29) is 6.04 Å². The Balaban J connectivity index is 1.46. The minimum Gasteiger partial charge on any atom is -0.457 e. The summed E-state index contributed by atoms with van der Waals surface area (Å²) in [6, 6.07) is 15.5. The standard InChI is InChI=1S/C20H19ClN4O/c1-25-11-10-19(18-12-22-13-23-20(18)25)24-15-4-8-17(9-5-15)26-16-6-2-14(21)3-7-16/h2-9,12-13,19,24H,10-11H2,1H3. The molecule has 132 valence electrons. The maximum absolute atomic E-state index is 5.90. The van der Waals surface area contributed by atoms with E-state index in [1.165, 1.54) is 0 Å². The molecule has 26 heavy (non-hydrogen) atoms. The zero-order chi connectivity index (χ0) is 17.9. The Morgan fingerprint density at radius 3 is 2.50 bits per heavy atom. The molecule has 1 atom stereocenters. The van der Waals surface area contributed by atoms with Crippen LogP contribution in [0.5, 0.6) is 11.5 Å². The smallest absolute Gasteiger partial charge is 0.136 e. The first kappa shape index (κ1) is 16.7. The van der Waals surface area contributed by atoms with Crippen molar-refractivity contribution in [2.45, 2.75) is 12.5 Å². The molecule has 0 aliphatic carbocycles. The van der Waals surface area contributed by atoms with Crippen LogP contribution in [0.15, 0.2) is 61.1 Å². The van der Waals surface area contributed by atoms with E-state index in [0.717, 1.165) is 41.5 Å². The molecule has 1 N–H and O–H groups in total. The molecule has 1 aliphatic heterocycles. The van der Waals surface area contributed by atoms with Crippen molar-refractivity contribution in [2.24, 2.45) is 0 Å². The van der Waals surface area contributed by atoms with Gasteiger partial charge in [0.05, 0.1) is 6.04 Å². The maximum atomic E-state index is 5.90. The molecule has 0 fully saturated rings. The Labute approximate surface area is 157 Å². The third-order valence-corrected chi connectivity index (χ3v) is 4.71. The van der Waals surface area contributed by atoms with E-state index in [1.807, 2.05) is 54.7 Å². The van der Waals surface area contributed by atoms with E-state index in [9.17, 15) is 0 Å². The van der Waals surface area contributed by atoms with Crippen LogP contribution in [0.25, 0.3) is 0 Å². The summed E-state index contributed by atoms with van der Waals surface area (Å²) in [6.45, 7) is 0.958. The van der Waals surface area contributed by atoms with Crippen molar-refractivity contribution in [3.8, 4) is 11.5 Å². The summed E-state index contributed by atoms with van der Waals surface area (Å²) in [4.78, 5) is 10.8. The van der Waals surface area contributed by atoms with Crippen LogP contribution in [-0.2, 0) is 0 Å². The second-order valence-electron chi connectivity index (χ2n) is 6.29. The summed E-state index contributed by atoms with van der Waals surface area (Å²) >= 11 is 5.90. The number of fused-ring (bicyclic) bond motifs is 1. The van der Waals surface area contributed by atoms with Crippen LogP contribution in [-0.4, -0.2) is 23.6 Å². The first-order chi connectivity index (χ1) is 12.7. The summed E-state index contributed by atoms with van der Waals surface area (Å²) in [7, 11) is 2.06. The van der Waals surface area contributed by atoms with Gasteiger partial charge in [0.25, 0.3) is 0 Å². The number of anilines is 2. The molecule has 2 aromatic carbocycles. The molecule has 0 amide bonds. The van der Waals surface area contributed by atoms with Crippen molar-refractivity contribution < 1.29 is 4.74 Å². The van der Waals surface area contributed by atoms with Gasteiger partial charge >= 0.3 is 0 Å². The molecule has 6 heteroatoms. The number of hydrogen-bond donors (Lipinski definition) is 1. The highest BCUT2D eigenvalue weighted by molar-refractivity contribution is 6.30. The lowest BCUT2D eigenvalue weighted by Crippen LogP contribution is -2.31. The summed E-state index contributed by atoms with van der Waals surface area (Å²) in [5.41, 5.74) is 2.17. The number of ether oxygens (including phenoxy) is 1. The van der Waals surface area contributed by atoms with E-state index in [0.29, 0.717) is 5.02 Å². The molecule has 1 aromatic heterocycles. The van der Waals surface area contributed by atoms with E-state index in [4.69, 9.17) is 16.3 Å². The van der Waals surface area contributed by atoms with E-state index < -0.39 is 0 Å². The second-order valence-corrected chi connectivity index (χ2v) is 6.73. The zero-order valence-corrected chi connectivity index (χ0v) is 15.1. The average molecular weight is 367 g/mol. The second kappa shape index (κ2) is 7.22. The molecule has 3 aromatic rings. The van der Waals surface area contributed by atoms with Crippen molar-refractivity contribution >= 4 is 23.1 Å². The largest absolute Gasteiger partial charge is 0.457 e. The molecule has 1 unspecified atom stereocenters. The van der Waals surface area contributed by atoms with Gasteiger partial charge < -0.3 is 15.0 Å². The van der Waals surface area contributed by atoms with Crippen LogP contribution in [0.3, 0.4) is 0 Å². The van der Waals surface area contributed by atoms with Crippen molar-refractivity contribution in [3.63, 3.8) is 0 Å². The number of halogens is 1. The van der Waals surface area contributed by atoms with Crippen molar-refractivity contribution in [3.05, 3.63) is 71.6 Å². The lowest BCUT2D eigenvalue weighted by molar-refractivity contribution is 0.482. The monoisotopic (exact) mass is 366 g/mol. The summed E-state index contributed by atoms with van der Waals surface area (Å²) < 4.78 is 5.84. The highest BCUT2D eigenvalue weighted by Gasteiger charge is 2.24. The molecular formula is C20H19ClN4O. The lowest BCUT2D eigenvalue weighted by atomic mass is 10.0. The quantitative estimate of drug-likeness (QED) is 0.710. The van der Waals surface area contributed by atoms with Gasteiger partial charge in [0.1, 0.15) is 23.6 Å². The number of aromatic nitrogens is 2. The van der Waals surface area contributed by atoms with Gasteiger partial charge in [0.15, 0.2) is 0 Å². The van der Waals surface area contributed by atoms with Crippen LogP contribution in [0.1, 0.15) is 18.0 Å². The molecule has 0 saturated carbocycles. The summed E-state index contributed by atoms with van der Waals surface area (Å²) in [5, 5.41) is 4.27. The predicted molar refractivity (Wildman–Crippen MR) is 104 cm³/mol. The number of nitrogens with one attached hydrogen (secondary N) is 1. The van der Waals surface area contributed by atoms with Gasteiger partial charge in [-0.15, -0.1) is 0 Å². The Morgan fingerprint density at radius 2 is 1.77 bits per heavy atom. The third kappa shape index (κ3) is 3.58. The zero-order valence-electron chi connectivity index (χ0n) is 14.4. The van der Waals surface area contributed by atoms with Gasteiger partial charge in [0, 0.05) is 36.1 Å². The van der Waals surface area contributed by atoms with Crippen LogP contribution in [0, 0.1) is 0 Å². The van der Waals surface area contributed by atoms with Crippen LogP contribution in [0.4, 0.5) is 11.5 Å². The van der Waals surface area contributed by atoms with Crippen molar-refractivity contribution in [2.75, 3.05) is 23.8 Å². The molecule has 4 rings (SSSR count). The highest BCUT2D eigenvalue weighted by atomic mass is 35.5. The molecule has 0 saturated heterocycles.